The van der Waals surface area contributed by atoms with Gasteiger partial charge in [0.2, 0.25) is 0 Å². The van der Waals surface area contributed by atoms with Crippen LogP contribution in [0.4, 0.5) is 5.82 Å². The summed E-state index contributed by atoms with van der Waals surface area (Å²) in [5, 5.41) is 7.93. The Bertz CT molecular complexity index is 741. The van der Waals surface area contributed by atoms with E-state index >= 15 is 0 Å². The van der Waals surface area contributed by atoms with Gasteiger partial charge in [0.25, 0.3) is 0 Å². The molecule has 0 atom stereocenters. The number of H-pyrrole nitrogens is 1. The molecule has 0 amide bonds. The summed E-state index contributed by atoms with van der Waals surface area (Å²) in [5.41, 5.74) is 4.72. The molecule has 3 heteroatoms. The molecule has 22 heavy (non-hydrogen) atoms. The van der Waals surface area contributed by atoms with E-state index < -0.39 is 0 Å². The zero-order valence-corrected chi connectivity index (χ0v) is 12.5. The predicted octanol–water partition coefficient (Wildman–Crippen LogP) is 4.34. The number of nitrogens with zero attached hydrogens (tertiary/aromatic N) is 2. The van der Waals surface area contributed by atoms with Crippen LogP contribution >= 0.6 is 0 Å². The lowest BCUT2D eigenvalue weighted by molar-refractivity contribution is 0.922. The Morgan fingerprint density at radius 2 is 1.36 bits per heavy atom. The first-order valence-electron chi connectivity index (χ1n) is 7.87. The maximum Gasteiger partial charge on any atom is 0.158 e. The average Bonchev–Trinajstić information content (AvgIpc) is 3.25. The van der Waals surface area contributed by atoms with E-state index in [1.165, 1.54) is 29.5 Å². The Balaban J connectivity index is 1.89. The first-order chi connectivity index (χ1) is 10.9. The van der Waals surface area contributed by atoms with Crippen LogP contribution in [0.25, 0.3) is 22.4 Å². The van der Waals surface area contributed by atoms with E-state index in [0.717, 1.165) is 24.6 Å². The lowest BCUT2D eigenvalue weighted by Gasteiger charge is -2.17. The fourth-order valence-corrected chi connectivity index (χ4v) is 3.18. The Labute approximate surface area is 130 Å². The van der Waals surface area contributed by atoms with E-state index in [1.54, 1.807) is 0 Å². The summed E-state index contributed by atoms with van der Waals surface area (Å²) in [6.07, 6.45) is 2.50. The molecule has 1 N–H and O–H groups in total. The molecule has 1 aliphatic heterocycles. The van der Waals surface area contributed by atoms with E-state index in [4.69, 9.17) is 0 Å². The van der Waals surface area contributed by atoms with Crippen LogP contribution < -0.4 is 4.90 Å². The topological polar surface area (TPSA) is 31.9 Å². The highest BCUT2D eigenvalue weighted by Gasteiger charge is 2.23. The Morgan fingerprint density at radius 3 is 2.00 bits per heavy atom. The average molecular weight is 289 g/mol. The van der Waals surface area contributed by atoms with Gasteiger partial charge < -0.3 is 4.90 Å². The van der Waals surface area contributed by atoms with Crippen molar-refractivity contribution >= 4 is 5.82 Å². The van der Waals surface area contributed by atoms with Crippen molar-refractivity contribution in [1.29, 1.82) is 0 Å². The maximum absolute atomic E-state index is 4.65. The predicted molar refractivity (Wildman–Crippen MR) is 90.9 cm³/mol. The molecule has 0 spiro atoms. The molecule has 2 heterocycles. The standard InChI is InChI=1S/C19H19N3/c1-3-9-15(10-4-1)17-18(16-11-5-2-6-12-16)20-21-19(17)22-13-7-8-14-22/h1-6,9-12H,7-8,13-14H2,(H,20,21). The fraction of sp³-hybridized carbons (Fsp3) is 0.211. The van der Waals surface area contributed by atoms with Crippen molar-refractivity contribution in [2.45, 2.75) is 12.8 Å². The van der Waals surface area contributed by atoms with Crippen LogP contribution in [-0.2, 0) is 0 Å². The molecule has 4 rings (SSSR count). The quantitative estimate of drug-likeness (QED) is 0.777. The molecule has 1 fully saturated rings. The second-order valence-electron chi connectivity index (χ2n) is 5.72. The number of aromatic amines is 1. The second-order valence-corrected chi connectivity index (χ2v) is 5.72. The van der Waals surface area contributed by atoms with Crippen molar-refractivity contribution in [3.8, 4) is 22.4 Å². The number of hydrogen-bond acceptors (Lipinski definition) is 2. The van der Waals surface area contributed by atoms with Crippen LogP contribution in [-0.4, -0.2) is 23.3 Å². The molecule has 0 bridgehead atoms. The minimum atomic E-state index is 1.09. The SMILES string of the molecule is c1ccc(-c2[nH]nc(N3CCCC3)c2-c2ccccc2)cc1. The van der Waals surface area contributed by atoms with Crippen LogP contribution in [0.2, 0.25) is 0 Å². The number of anilines is 1. The second kappa shape index (κ2) is 5.68. The van der Waals surface area contributed by atoms with Gasteiger partial charge in [-0.05, 0) is 18.4 Å². The summed E-state index contributed by atoms with van der Waals surface area (Å²) in [4.78, 5) is 2.39. The highest BCUT2D eigenvalue weighted by atomic mass is 15.3. The molecule has 110 valence electrons. The highest BCUT2D eigenvalue weighted by Crippen LogP contribution is 2.38. The first-order valence-corrected chi connectivity index (χ1v) is 7.87. The number of aromatic nitrogens is 2. The minimum Gasteiger partial charge on any atom is -0.355 e. The molecule has 0 unspecified atom stereocenters. The lowest BCUT2D eigenvalue weighted by atomic mass is 10.0. The van der Waals surface area contributed by atoms with Gasteiger partial charge in [-0.25, -0.2) is 0 Å². The van der Waals surface area contributed by atoms with Crippen molar-refractivity contribution in [2.24, 2.45) is 0 Å². The normalized spacial score (nSPS) is 14.5. The lowest BCUT2D eigenvalue weighted by Crippen LogP contribution is -2.18. The largest absolute Gasteiger partial charge is 0.355 e. The van der Waals surface area contributed by atoms with Gasteiger partial charge in [-0.2, -0.15) is 5.10 Å². The highest BCUT2D eigenvalue weighted by molar-refractivity contribution is 5.89. The van der Waals surface area contributed by atoms with Gasteiger partial charge >= 0.3 is 0 Å². The Hall–Kier alpha value is -2.55. The van der Waals surface area contributed by atoms with Gasteiger partial charge in [0, 0.05) is 18.7 Å². The smallest absolute Gasteiger partial charge is 0.158 e. The van der Waals surface area contributed by atoms with E-state index in [0.29, 0.717) is 0 Å². The molecular formula is C19H19N3. The molecular weight excluding hydrogens is 270 g/mol. The third-order valence-corrected chi connectivity index (χ3v) is 4.28. The van der Waals surface area contributed by atoms with E-state index in [2.05, 4.69) is 69.7 Å². The summed E-state index contributed by atoms with van der Waals surface area (Å²) in [5.74, 6) is 1.09. The van der Waals surface area contributed by atoms with Crippen LogP contribution in [0, 0.1) is 0 Å². The van der Waals surface area contributed by atoms with Crippen LogP contribution in [0.3, 0.4) is 0 Å². The number of hydrogen-bond donors (Lipinski definition) is 1. The number of rotatable bonds is 3. The summed E-state index contributed by atoms with van der Waals surface area (Å²) in [7, 11) is 0. The van der Waals surface area contributed by atoms with Gasteiger partial charge in [0.1, 0.15) is 0 Å². The summed E-state index contributed by atoms with van der Waals surface area (Å²) >= 11 is 0. The van der Waals surface area contributed by atoms with Gasteiger partial charge in [-0.15, -0.1) is 0 Å². The molecule has 1 aliphatic rings. The van der Waals surface area contributed by atoms with Crippen molar-refractivity contribution in [3.05, 3.63) is 60.7 Å². The molecule has 3 aromatic rings. The van der Waals surface area contributed by atoms with Crippen molar-refractivity contribution < 1.29 is 0 Å². The monoisotopic (exact) mass is 289 g/mol. The van der Waals surface area contributed by atoms with Crippen molar-refractivity contribution in [1.82, 2.24) is 10.2 Å². The molecule has 3 nitrogen and oxygen atoms in total. The van der Waals surface area contributed by atoms with E-state index in [-0.39, 0.29) is 0 Å². The van der Waals surface area contributed by atoms with Crippen molar-refractivity contribution in [3.63, 3.8) is 0 Å². The molecule has 1 saturated heterocycles. The van der Waals surface area contributed by atoms with E-state index in [9.17, 15) is 0 Å². The number of benzene rings is 2. The van der Waals surface area contributed by atoms with E-state index in [1.807, 2.05) is 6.07 Å². The molecule has 0 aliphatic carbocycles. The molecule has 0 saturated carbocycles. The third kappa shape index (κ3) is 2.29. The van der Waals surface area contributed by atoms with Gasteiger partial charge in [0.15, 0.2) is 5.82 Å². The fourth-order valence-electron chi connectivity index (χ4n) is 3.18. The third-order valence-electron chi connectivity index (χ3n) is 4.28. The van der Waals surface area contributed by atoms with Crippen LogP contribution in [0.15, 0.2) is 60.7 Å². The summed E-state index contributed by atoms with van der Waals surface area (Å²) in [6, 6.07) is 21.0. The molecule has 2 aromatic carbocycles. The zero-order valence-electron chi connectivity index (χ0n) is 12.5. The molecule has 0 radical (unpaired) electrons. The van der Waals surface area contributed by atoms with Crippen molar-refractivity contribution in [2.75, 3.05) is 18.0 Å². The summed E-state index contributed by atoms with van der Waals surface area (Å²) < 4.78 is 0. The van der Waals surface area contributed by atoms with Crippen LogP contribution in [0.1, 0.15) is 12.8 Å². The maximum atomic E-state index is 4.65. The van der Waals surface area contributed by atoms with Gasteiger partial charge in [0.05, 0.1) is 11.3 Å². The summed E-state index contributed by atoms with van der Waals surface area (Å²) in [6.45, 7) is 2.19. The zero-order chi connectivity index (χ0) is 14.8. The van der Waals surface area contributed by atoms with Crippen LogP contribution in [0.5, 0.6) is 0 Å². The Morgan fingerprint density at radius 1 is 0.773 bits per heavy atom. The van der Waals surface area contributed by atoms with Gasteiger partial charge in [-0.3, -0.25) is 5.10 Å². The Kier molecular flexibility index (Phi) is 3.39. The van der Waals surface area contributed by atoms with Gasteiger partial charge in [-0.1, -0.05) is 60.7 Å². The molecule has 1 aromatic heterocycles. The minimum absolute atomic E-state index is 1.09. The number of nitrogens with one attached hydrogen (secondary N) is 1. The first kappa shape index (κ1) is 13.1.